The minimum Gasteiger partial charge on any atom is -0.497 e. The topological polar surface area (TPSA) is 89.0 Å². The molecule has 0 saturated carbocycles. The molecule has 1 aliphatic rings. The van der Waals surface area contributed by atoms with Crippen LogP contribution in [0, 0.1) is 0 Å². The molecule has 34 heavy (non-hydrogen) atoms. The van der Waals surface area contributed by atoms with Gasteiger partial charge in [0, 0.05) is 31.3 Å². The normalized spacial score (nSPS) is 16.5. The third kappa shape index (κ3) is 4.95. The first-order chi connectivity index (χ1) is 16.2. The molecule has 2 aromatic carbocycles. The summed E-state index contributed by atoms with van der Waals surface area (Å²) in [6.07, 6.45) is 1.77. The SMILES string of the molecule is COc1ccc2sc(N(CC3CCCO3)C(=O)c3ccc(S(=O)(=O)N(C)C(C)C)cc3)nc2c1. The average Bonchev–Trinajstić information content (AvgIpc) is 3.50. The van der Waals surface area contributed by atoms with E-state index in [0.29, 0.717) is 29.6 Å². The molecule has 0 spiro atoms. The van der Waals surface area contributed by atoms with Crippen LogP contribution in [0.25, 0.3) is 10.2 Å². The third-order valence-corrected chi connectivity index (χ3v) is 9.08. The van der Waals surface area contributed by atoms with E-state index in [2.05, 4.69) is 0 Å². The second-order valence-corrected chi connectivity index (χ2v) is 11.5. The molecule has 1 unspecified atom stereocenters. The maximum absolute atomic E-state index is 13.6. The van der Waals surface area contributed by atoms with Crippen molar-refractivity contribution in [3.8, 4) is 5.75 Å². The fraction of sp³-hybridized carbons (Fsp3) is 0.417. The Balaban J connectivity index is 1.66. The second kappa shape index (κ2) is 9.99. The standard InChI is InChI=1S/C24H29N3O5S2/c1-16(2)26(3)34(29,30)20-10-7-17(8-11-20)23(28)27(15-19-6-5-13-32-19)24-25-21-14-18(31-4)9-12-22(21)33-24/h7-12,14,16,19H,5-6,13,15H2,1-4H3. The molecule has 1 atom stereocenters. The Hall–Kier alpha value is -2.53. The molecule has 0 N–H and O–H groups in total. The molecule has 4 rings (SSSR count). The number of fused-ring (bicyclic) bond motifs is 1. The van der Waals surface area contributed by atoms with Crippen LogP contribution < -0.4 is 9.64 Å². The molecule has 2 heterocycles. The second-order valence-electron chi connectivity index (χ2n) is 8.52. The van der Waals surface area contributed by atoms with Crippen LogP contribution in [0.3, 0.4) is 0 Å². The quantitative estimate of drug-likeness (QED) is 0.459. The van der Waals surface area contributed by atoms with Gasteiger partial charge in [0.25, 0.3) is 5.91 Å². The number of ether oxygens (including phenoxy) is 2. The minimum atomic E-state index is -3.63. The highest BCUT2D eigenvalue weighted by Gasteiger charge is 2.28. The number of hydrogen-bond donors (Lipinski definition) is 0. The number of aromatic nitrogens is 1. The molecule has 182 valence electrons. The Morgan fingerprint density at radius 2 is 1.97 bits per heavy atom. The Kier molecular flexibility index (Phi) is 7.22. The van der Waals surface area contributed by atoms with Crippen molar-refractivity contribution in [2.75, 3.05) is 32.2 Å². The van der Waals surface area contributed by atoms with Gasteiger partial charge < -0.3 is 9.47 Å². The van der Waals surface area contributed by atoms with Gasteiger partial charge in [-0.15, -0.1) is 0 Å². The monoisotopic (exact) mass is 503 g/mol. The lowest BCUT2D eigenvalue weighted by atomic mass is 10.2. The van der Waals surface area contributed by atoms with Crippen LogP contribution in [-0.4, -0.2) is 63.1 Å². The van der Waals surface area contributed by atoms with Crippen molar-refractivity contribution in [1.29, 1.82) is 0 Å². The lowest BCUT2D eigenvalue weighted by Gasteiger charge is -2.23. The van der Waals surface area contributed by atoms with Crippen LogP contribution in [0.5, 0.6) is 5.75 Å². The fourth-order valence-electron chi connectivity index (χ4n) is 3.75. The highest BCUT2D eigenvalue weighted by Crippen LogP contribution is 2.33. The van der Waals surface area contributed by atoms with Crippen molar-refractivity contribution in [1.82, 2.24) is 9.29 Å². The van der Waals surface area contributed by atoms with E-state index in [0.717, 1.165) is 23.1 Å². The summed E-state index contributed by atoms with van der Waals surface area (Å²) in [7, 11) is -0.482. The van der Waals surface area contributed by atoms with Crippen LogP contribution >= 0.6 is 11.3 Å². The number of nitrogens with zero attached hydrogens (tertiary/aromatic N) is 3. The third-order valence-electron chi connectivity index (χ3n) is 5.98. The first kappa shape index (κ1) is 24.6. The van der Waals surface area contributed by atoms with Crippen molar-refractivity contribution in [2.45, 2.75) is 43.7 Å². The van der Waals surface area contributed by atoms with E-state index in [1.54, 1.807) is 31.2 Å². The highest BCUT2D eigenvalue weighted by molar-refractivity contribution is 7.89. The molecule has 1 aliphatic heterocycles. The Labute approximate surface area is 204 Å². The van der Waals surface area contributed by atoms with Gasteiger partial charge in [0.15, 0.2) is 5.13 Å². The summed E-state index contributed by atoms with van der Waals surface area (Å²) >= 11 is 1.43. The lowest BCUT2D eigenvalue weighted by molar-refractivity contribution is 0.0917. The number of hydrogen-bond acceptors (Lipinski definition) is 7. The number of amides is 1. The molecule has 0 bridgehead atoms. The van der Waals surface area contributed by atoms with Crippen molar-refractivity contribution in [3.63, 3.8) is 0 Å². The van der Waals surface area contributed by atoms with Crippen LogP contribution in [0.2, 0.25) is 0 Å². The first-order valence-electron chi connectivity index (χ1n) is 11.2. The summed E-state index contributed by atoms with van der Waals surface area (Å²) < 4.78 is 38.9. The molecular formula is C24H29N3O5S2. The highest BCUT2D eigenvalue weighted by atomic mass is 32.2. The average molecular weight is 504 g/mol. The maximum Gasteiger partial charge on any atom is 0.260 e. The molecule has 1 aromatic heterocycles. The molecule has 0 radical (unpaired) electrons. The first-order valence-corrected chi connectivity index (χ1v) is 13.4. The van der Waals surface area contributed by atoms with E-state index in [9.17, 15) is 13.2 Å². The van der Waals surface area contributed by atoms with E-state index >= 15 is 0 Å². The molecule has 1 amide bonds. The van der Waals surface area contributed by atoms with Crippen LogP contribution in [-0.2, 0) is 14.8 Å². The van der Waals surface area contributed by atoms with E-state index in [1.165, 1.54) is 27.8 Å². The lowest BCUT2D eigenvalue weighted by Crippen LogP contribution is -2.37. The van der Waals surface area contributed by atoms with Crippen molar-refractivity contribution in [2.24, 2.45) is 0 Å². The molecule has 3 aromatic rings. The number of carbonyl (C=O) groups excluding carboxylic acids is 1. The molecule has 8 nitrogen and oxygen atoms in total. The summed E-state index contributed by atoms with van der Waals surface area (Å²) in [5.74, 6) is 0.451. The Bertz CT molecular complexity index is 1270. The number of rotatable bonds is 8. The number of carbonyl (C=O) groups is 1. The van der Waals surface area contributed by atoms with Crippen LogP contribution in [0.4, 0.5) is 5.13 Å². The molecule has 0 aliphatic carbocycles. The summed E-state index contributed by atoms with van der Waals surface area (Å²) in [4.78, 5) is 20.1. The van der Waals surface area contributed by atoms with Gasteiger partial charge in [-0.2, -0.15) is 4.31 Å². The van der Waals surface area contributed by atoms with Gasteiger partial charge in [-0.25, -0.2) is 13.4 Å². The Morgan fingerprint density at radius 1 is 1.24 bits per heavy atom. The van der Waals surface area contributed by atoms with Crippen molar-refractivity contribution >= 4 is 42.6 Å². The zero-order valence-corrected chi connectivity index (χ0v) is 21.4. The largest absolute Gasteiger partial charge is 0.497 e. The van der Waals surface area contributed by atoms with Gasteiger partial charge >= 0.3 is 0 Å². The predicted octanol–water partition coefficient (Wildman–Crippen LogP) is 4.16. The van der Waals surface area contributed by atoms with Crippen LogP contribution in [0.1, 0.15) is 37.0 Å². The van der Waals surface area contributed by atoms with Gasteiger partial charge in [0.05, 0.1) is 34.9 Å². The van der Waals surface area contributed by atoms with Gasteiger partial charge in [-0.05, 0) is 63.1 Å². The summed E-state index contributed by atoms with van der Waals surface area (Å²) in [6.45, 7) is 4.68. The number of benzene rings is 2. The van der Waals surface area contributed by atoms with Gasteiger partial charge in [0.2, 0.25) is 10.0 Å². The van der Waals surface area contributed by atoms with Gasteiger partial charge in [-0.1, -0.05) is 11.3 Å². The molecular weight excluding hydrogens is 474 g/mol. The zero-order valence-electron chi connectivity index (χ0n) is 19.7. The summed E-state index contributed by atoms with van der Waals surface area (Å²) in [5.41, 5.74) is 1.14. The summed E-state index contributed by atoms with van der Waals surface area (Å²) in [5, 5.41) is 0.569. The molecule has 10 heteroatoms. The number of methoxy groups -OCH3 is 1. The fourth-order valence-corrected chi connectivity index (χ4v) is 6.07. The predicted molar refractivity (Wildman–Crippen MR) is 133 cm³/mol. The van der Waals surface area contributed by atoms with E-state index < -0.39 is 10.0 Å². The molecule has 1 saturated heterocycles. The summed E-state index contributed by atoms with van der Waals surface area (Å²) in [6, 6.07) is 11.5. The minimum absolute atomic E-state index is 0.0650. The van der Waals surface area contributed by atoms with Crippen molar-refractivity contribution in [3.05, 3.63) is 48.0 Å². The number of thiazole rings is 1. The van der Waals surface area contributed by atoms with Gasteiger partial charge in [-0.3, -0.25) is 9.69 Å². The number of sulfonamides is 1. The van der Waals surface area contributed by atoms with Crippen LogP contribution in [0.15, 0.2) is 47.4 Å². The zero-order chi connectivity index (χ0) is 24.5. The van der Waals surface area contributed by atoms with E-state index in [-0.39, 0.29) is 22.9 Å². The van der Waals surface area contributed by atoms with Gasteiger partial charge in [0.1, 0.15) is 5.75 Å². The Morgan fingerprint density at radius 3 is 2.59 bits per heavy atom. The number of anilines is 1. The molecule has 1 fully saturated rings. The van der Waals surface area contributed by atoms with Crippen molar-refractivity contribution < 1.29 is 22.7 Å². The van der Waals surface area contributed by atoms with E-state index in [1.807, 2.05) is 32.0 Å². The smallest absolute Gasteiger partial charge is 0.260 e. The van der Waals surface area contributed by atoms with E-state index in [4.69, 9.17) is 14.5 Å². The maximum atomic E-state index is 13.6.